The molecule has 1 aromatic carbocycles. The number of rotatable bonds is 6. The Hall–Kier alpha value is -2.46. The van der Waals surface area contributed by atoms with Gasteiger partial charge in [0.2, 0.25) is 0 Å². The molecule has 1 radical (unpaired) electrons. The van der Waals surface area contributed by atoms with Crippen molar-refractivity contribution in [3.05, 3.63) is 30.0 Å². The number of carbonyl (C=O) groups is 1. The maximum atomic E-state index is 14.5. The van der Waals surface area contributed by atoms with Gasteiger partial charge in [0.1, 0.15) is 5.60 Å². The number of carbonyl (C=O) groups excluding carboxylic acids is 1. The van der Waals surface area contributed by atoms with Gasteiger partial charge in [-0.3, -0.25) is 10.00 Å². The molecule has 1 heterocycles. The van der Waals surface area contributed by atoms with Crippen molar-refractivity contribution >= 4 is 24.9 Å². The highest BCUT2D eigenvalue weighted by molar-refractivity contribution is 6.45. The Morgan fingerprint density at radius 3 is 2.54 bits per heavy atom. The van der Waals surface area contributed by atoms with Crippen LogP contribution in [-0.2, 0) is 16.0 Å². The van der Waals surface area contributed by atoms with Crippen LogP contribution in [0.1, 0.15) is 28.2 Å². The normalized spacial score (nSPS) is 11.0. The molecule has 2 aromatic rings. The Kier molecular flexibility index (Phi) is 8.13. The van der Waals surface area contributed by atoms with Crippen LogP contribution in [0.25, 0.3) is 11.1 Å². The van der Waals surface area contributed by atoms with E-state index in [0.717, 1.165) is 0 Å². The van der Waals surface area contributed by atoms with Gasteiger partial charge < -0.3 is 14.5 Å². The van der Waals surface area contributed by atoms with Crippen LogP contribution in [0.2, 0.25) is 0 Å². The fraction of sp³-hybridized carbons (Fsp3) is 0.444. The average molecular weight is 396 g/mol. The van der Waals surface area contributed by atoms with Crippen LogP contribution in [0.15, 0.2) is 18.3 Å². The summed E-state index contributed by atoms with van der Waals surface area (Å²) in [6, 6.07) is 2.51. The van der Waals surface area contributed by atoms with E-state index in [1.165, 1.54) is 30.1 Å². The zero-order chi connectivity index (χ0) is 20.2. The predicted octanol–water partition coefficient (Wildman–Crippen LogP) is 2.69. The van der Waals surface area contributed by atoms with Crippen LogP contribution in [0, 0.1) is 11.6 Å². The zero-order valence-corrected chi connectivity index (χ0v) is 15.5. The van der Waals surface area contributed by atoms with Crippen LogP contribution in [0.4, 0.5) is 19.4 Å². The number of halogens is 2. The Labute approximate surface area is 163 Å². The van der Waals surface area contributed by atoms with Gasteiger partial charge in [-0.05, 0) is 26.2 Å². The highest BCUT2D eigenvalue weighted by Crippen LogP contribution is 2.30. The highest BCUT2D eigenvalue weighted by Gasteiger charge is 2.23. The minimum Gasteiger partial charge on any atom is -0.450 e. The lowest BCUT2D eigenvalue weighted by molar-refractivity contribution is 0.0635. The molecular weight excluding hydrogens is 371 g/mol. The molecule has 2 rings (SSSR count). The molecule has 7 nitrogen and oxygen atoms in total. The van der Waals surface area contributed by atoms with Crippen molar-refractivity contribution in [3.63, 3.8) is 0 Å². The molecule has 0 saturated carbocycles. The minimum atomic E-state index is -1.21. The summed E-state index contributed by atoms with van der Waals surface area (Å²) in [5.41, 5.74) is -0.978. The molecule has 0 aliphatic heterocycles. The number of benzene rings is 1. The molecule has 0 unspecified atom stereocenters. The highest BCUT2D eigenvalue weighted by atomic mass is 19.2. The number of methoxy groups -OCH3 is 1. The summed E-state index contributed by atoms with van der Waals surface area (Å²) in [6.07, 6.45) is 0.688. The summed E-state index contributed by atoms with van der Waals surface area (Å²) < 4.78 is 40.1. The fourth-order valence-corrected chi connectivity index (χ4v) is 2.28. The molecule has 0 saturated heterocycles. The van der Waals surface area contributed by atoms with E-state index in [1.54, 1.807) is 20.8 Å². The first-order valence-corrected chi connectivity index (χ1v) is 8.18. The summed E-state index contributed by atoms with van der Waals surface area (Å²) in [4.78, 5) is 12.1. The van der Waals surface area contributed by atoms with Crippen molar-refractivity contribution in [2.24, 2.45) is 0 Å². The zero-order valence-electron chi connectivity index (χ0n) is 15.5. The first-order valence-electron chi connectivity index (χ1n) is 8.18. The van der Waals surface area contributed by atoms with Crippen molar-refractivity contribution < 1.29 is 28.1 Å². The number of nitrogens with one attached hydrogen (secondary N) is 1. The van der Waals surface area contributed by atoms with Crippen LogP contribution >= 0.6 is 0 Å². The number of hydrogen-bond donors (Lipinski definition) is 2. The number of ether oxygens (including phenoxy) is 2. The summed E-state index contributed by atoms with van der Waals surface area (Å²) >= 11 is 0. The molecule has 0 atom stereocenters. The van der Waals surface area contributed by atoms with E-state index in [4.69, 9.17) is 14.5 Å². The summed E-state index contributed by atoms with van der Waals surface area (Å²) in [5, 5.41) is 15.6. The molecule has 1 amide bonds. The molecule has 1 aromatic heterocycles. The van der Waals surface area contributed by atoms with Crippen molar-refractivity contribution in [3.8, 4) is 11.1 Å². The number of amides is 1. The van der Waals surface area contributed by atoms with Gasteiger partial charge in [-0.2, -0.15) is 5.10 Å². The van der Waals surface area contributed by atoms with Crippen molar-refractivity contribution in [2.45, 2.75) is 40.3 Å². The minimum absolute atomic E-state index is 0. The van der Waals surface area contributed by atoms with Gasteiger partial charge >= 0.3 is 13.6 Å². The first kappa shape index (κ1) is 23.6. The quantitative estimate of drug-likeness (QED) is 0.734. The summed E-state index contributed by atoms with van der Waals surface area (Å²) in [7, 11) is 1.99. The average Bonchev–Trinajstić information content (AvgIpc) is 2.96. The monoisotopic (exact) mass is 396 g/mol. The molecule has 0 bridgehead atoms. The second-order valence-corrected chi connectivity index (χ2v) is 6.73. The van der Waals surface area contributed by atoms with Crippen LogP contribution in [0.5, 0.6) is 0 Å². The molecule has 0 aliphatic rings. The third-order valence-electron chi connectivity index (χ3n) is 3.45. The molecule has 0 spiro atoms. The fourth-order valence-electron chi connectivity index (χ4n) is 2.28. The molecule has 153 valence electrons. The van der Waals surface area contributed by atoms with E-state index < -0.39 is 23.3 Å². The van der Waals surface area contributed by atoms with Gasteiger partial charge in [0.25, 0.3) is 0 Å². The van der Waals surface area contributed by atoms with E-state index in [-0.39, 0.29) is 29.8 Å². The van der Waals surface area contributed by atoms with Crippen LogP contribution < -0.4 is 10.8 Å². The smallest absolute Gasteiger partial charge is 0.413 e. The lowest BCUT2D eigenvalue weighted by Gasteiger charge is -2.19. The maximum Gasteiger partial charge on any atom is 0.413 e. The molecular formula is C18H25BF2N3O4. The predicted molar refractivity (Wildman–Crippen MR) is 104 cm³/mol. The van der Waals surface area contributed by atoms with E-state index in [9.17, 15) is 13.6 Å². The Balaban J connectivity index is 0.00000392. The molecule has 10 heteroatoms. The largest absolute Gasteiger partial charge is 0.450 e. The van der Waals surface area contributed by atoms with Gasteiger partial charge in [0.15, 0.2) is 17.5 Å². The Morgan fingerprint density at radius 1 is 1.29 bits per heavy atom. The van der Waals surface area contributed by atoms with Crippen molar-refractivity contribution in [1.29, 1.82) is 0 Å². The molecule has 0 aliphatic carbocycles. The third kappa shape index (κ3) is 5.77. The lowest BCUT2D eigenvalue weighted by atomic mass is 9.86. The standard InChI is InChI=1S/C17H21BF2N3O4.CH4/c1-17(2,3)27-16(24)21-15-11(9-23(22-15)7-8-26-4)10-5-6-12(18-25)14(20)13(10)19;/h5-6,9,25H,7-8H2,1-4H3,(H,21,22,24);1H4. The van der Waals surface area contributed by atoms with E-state index in [0.29, 0.717) is 20.6 Å². The van der Waals surface area contributed by atoms with Crippen molar-refractivity contribution in [2.75, 3.05) is 19.0 Å². The number of aromatic nitrogens is 2. The molecule has 0 fully saturated rings. The Bertz CT molecular complexity index is 822. The van der Waals surface area contributed by atoms with E-state index >= 15 is 0 Å². The van der Waals surface area contributed by atoms with E-state index in [2.05, 4.69) is 10.4 Å². The van der Waals surface area contributed by atoms with E-state index in [1.807, 2.05) is 0 Å². The van der Waals surface area contributed by atoms with Gasteiger partial charge in [0, 0.05) is 24.4 Å². The third-order valence-corrected chi connectivity index (χ3v) is 3.45. The SMILES string of the molecule is C.COCCn1cc(-c2ccc([B]O)c(F)c2F)c(NC(=O)OC(C)(C)C)n1. The summed E-state index contributed by atoms with van der Waals surface area (Å²) in [6.45, 7) is 5.77. The number of hydrogen-bond acceptors (Lipinski definition) is 5. The maximum absolute atomic E-state index is 14.5. The van der Waals surface area contributed by atoms with Gasteiger partial charge in [-0.15, -0.1) is 0 Å². The van der Waals surface area contributed by atoms with Crippen LogP contribution in [-0.4, -0.2) is 47.7 Å². The topological polar surface area (TPSA) is 85.6 Å². The first-order chi connectivity index (χ1) is 12.7. The number of anilines is 1. The summed E-state index contributed by atoms with van der Waals surface area (Å²) in [5.74, 6) is -2.36. The second kappa shape index (κ2) is 9.65. The van der Waals surface area contributed by atoms with Crippen molar-refractivity contribution in [1.82, 2.24) is 9.78 Å². The lowest BCUT2D eigenvalue weighted by Crippen LogP contribution is -2.27. The molecule has 28 heavy (non-hydrogen) atoms. The number of nitrogens with zero attached hydrogens (tertiary/aromatic N) is 2. The second-order valence-electron chi connectivity index (χ2n) is 6.73. The van der Waals surface area contributed by atoms with Gasteiger partial charge in [-0.1, -0.05) is 19.6 Å². The molecule has 2 N–H and O–H groups in total. The van der Waals surface area contributed by atoms with Crippen LogP contribution in [0.3, 0.4) is 0 Å². The van der Waals surface area contributed by atoms with Gasteiger partial charge in [0.05, 0.1) is 13.2 Å². The van der Waals surface area contributed by atoms with Gasteiger partial charge in [-0.25, -0.2) is 13.6 Å². The Morgan fingerprint density at radius 2 is 1.96 bits per heavy atom.